The first-order chi connectivity index (χ1) is 16.6. The first-order valence-electron chi connectivity index (χ1n) is 10.9. The van der Waals surface area contributed by atoms with E-state index in [9.17, 15) is 0 Å². The van der Waals surface area contributed by atoms with Gasteiger partial charge in [-0.2, -0.15) is 10.4 Å². The zero-order valence-electron chi connectivity index (χ0n) is 19.1. The Morgan fingerprint density at radius 1 is 1.26 bits per heavy atom. The molecule has 172 valence electrons. The molecule has 0 amide bonds. The summed E-state index contributed by atoms with van der Waals surface area (Å²) >= 11 is 0. The van der Waals surface area contributed by atoms with Gasteiger partial charge >= 0.3 is 0 Å². The van der Waals surface area contributed by atoms with Gasteiger partial charge in [-0.25, -0.2) is 4.68 Å². The molecule has 1 aliphatic heterocycles. The van der Waals surface area contributed by atoms with Crippen LogP contribution in [0, 0.1) is 11.3 Å². The van der Waals surface area contributed by atoms with Crippen LogP contribution in [-0.4, -0.2) is 30.2 Å². The summed E-state index contributed by atoms with van der Waals surface area (Å²) in [5.41, 5.74) is 11.0. The van der Waals surface area contributed by atoms with E-state index in [0.717, 1.165) is 35.5 Å². The van der Waals surface area contributed by atoms with Gasteiger partial charge in [0.15, 0.2) is 5.88 Å². The number of benzene rings is 2. The molecule has 2 aromatic carbocycles. The fourth-order valence-electron chi connectivity index (χ4n) is 3.66. The minimum Gasteiger partial charge on any atom is -0.497 e. The minimum atomic E-state index is -0.669. The van der Waals surface area contributed by atoms with E-state index in [0.29, 0.717) is 16.8 Å². The van der Waals surface area contributed by atoms with E-state index < -0.39 is 6.23 Å². The van der Waals surface area contributed by atoms with Crippen LogP contribution in [0.4, 0.5) is 5.69 Å². The molecule has 0 bridgehead atoms. The van der Waals surface area contributed by atoms with Gasteiger partial charge < -0.3 is 20.5 Å². The Morgan fingerprint density at radius 3 is 2.79 bits per heavy atom. The first kappa shape index (κ1) is 22.7. The third-order valence-corrected chi connectivity index (χ3v) is 5.38. The lowest BCUT2D eigenvalue weighted by atomic mass is 10.1. The average Bonchev–Trinajstić information content (AvgIpc) is 3.31. The molecule has 1 aliphatic rings. The largest absolute Gasteiger partial charge is 0.497 e. The number of hydrogen-bond acceptors (Lipinski definition) is 7. The van der Waals surface area contributed by atoms with E-state index in [2.05, 4.69) is 22.5 Å². The Kier molecular flexibility index (Phi) is 6.94. The fraction of sp³-hybridized carbons (Fsp3) is 0.192. The van der Waals surface area contributed by atoms with Crippen molar-refractivity contribution in [3.8, 4) is 11.8 Å². The number of ether oxygens (including phenoxy) is 2. The van der Waals surface area contributed by atoms with Crippen molar-refractivity contribution in [1.82, 2.24) is 9.78 Å². The number of allylic oxidation sites excluding steroid dienone is 2. The number of fused-ring (bicyclic) bond motifs is 1. The quantitative estimate of drug-likeness (QED) is 0.298. The number of nitriles is 1. The molecule has 1 unspecified atom stereocenters. The Labute approximate surface area is 198 Å². The van der Waals surface area contributed by atoms with Crippen LogP contribution in [0.1, 0.15) is 35.2 Å². The summed E-state index contributed by atoms with van der Waals surface area (Å²) in [4.78, 5) is 4.14. The van der Waals surface area contributed by atoms with E-state index in [4.69, 9.17) is 25.6 Å². The summed E-state index contributed by atoms with van der Waals surface area (Å²) in [6.07, 6.45) is 6.88. The SMILES string of the molecule is CN=CC(=C(N)OC(Nc1cccc(OC)c1)c1cc2n(n1)C=CCC2)c1ccc(C#N)cc1. The number of hydrogen-bond donors (Lipinski definition) is 2. The topological polar surface area (TPSA) is 110 Å². The molecule has 8 nitrogen and oxygen atoms in total. The summed E-state index contributed by atoms with van der Waals surface area (Å²) in [6, 6.07) is 18.8. The van der Waals surface area contributed by atoms with Crippen molar-refractivity contribution in [2.45, 2.75) is 19.1 Å². The average molecular weight is 455 g/mol. The molecule has 1 aromatic heterocycles. The highest BCUT2D eigenvalue weighted by atomic mass is 16.5. The van der Waals surface area contributed by atoms with Crippen molar-refractivity contribution in [3.05, 3.63) is 89.1 Å². The summed E-state index contributed by atoms with van der Waals surface area (Å²) in [6.45, 7) is 0. The molecular weight excluding hydrogens is 428 g/mol. The Bertz CT molecular complexity index is 1280. The van der Waals surface area contributed by atoms with Gasteiger partial charge in [-0.1, -0.05) is 24.3 Å². The van der Waals surface area contributed by atoms with Crippen molar-refractivity contribution in [2.24, 2.45) is 10.7 Å². The van der Waals surface area contributed by atoms with Crippen molar-refractivity contribution in [2.75, 3.05) is 19.5 Å². The number of aryl methyl sites for hydroxylation is 1. The van der Waals surface area contributed by atoms with Gasteiger partial charge in [0.05, 0.1) is 24.3 Å². The minimum absolute atomic E-state index is 0.178. The molecule has 0 saturated carbocycles. The second-order valence-corrected chi connectivity index (χ2v) is 7.66. The molecule has 0 saturated heterocycles. The van der Waals surface area contributed by atoms with Crippen LogP contribution in [0.3, 0.4) is 0 Å². The van der Waals surface area contributed by atoms with Crippen molar-refractivity contribution >= 4 is 23.7 Å². The number of nitrogens with one attached hydrogen (secondary N) is 1. The van der Waals surface area contributed by atoms with Gasteiger partial charge in [-0.3, -0.25) is 4.99 Å². The van der Waals surface area contributed by atoms with Crippen LogP contribution in [0.15, 0.2) is 71.5 Å². The predicted octanol–water partition coefficient (Wildman–Crippen LogP) is 4.34. The molecule has 34 heavy (non-hydrogen) atoms. The Morgan fingerprint density at radius 2 is 2.09 bits per heavy atom. The summed E-state index contributed by atoms with van der Waals surface area (Å²) in [5, 5.41) is 17.2. The summed E-state index contributed by atoms with van der Waals surface area (Å²) < 4.78 is 13.5. The maximum absolute atomic E-state index is 9.10. The van der Waals surface area contributed by atoms with Gasteiger partial charge in [-0.15, -0.1) is 0 Å². The van der Waals surface area contributed by atoms with Crippen molar-refractivity contribution < 1.29 is 9.47 Å². The maximum Gasteiger partial charge on any atom is 0.216 e. The molecular formula is C26H26N6O2. The highest BCUT2D eigenvalue weighted by Gasteiger charge is 2.22. The van der Waals surface area contributed by atoms with Gasteiger partial charge in [0.2, 0.25) is 6.23 Å². The molecule has 3 N–H and O–H groups in total. The molecule has 0 spiro atoms. The fourth-order valence-corrected chi connectivity index (χ4v) is 3.66. The zero-order valence-corrected chi connectivity index (χ0v) is 19.1. The van der Waals surface area contributed by atoms with Gasteiger partial charge in [0, 0.05) is 36.9 Å². The second-order valence-electron chi connectivity index (χ2n) is 7.66. The normalized spacial score (nSPS) is 14.1. The number of nitrogens with zero attached hydrogens (tertiary/aromatic N) is 4. The molecule has 0 fully saturated rings. The van der Waals surface area contributed by atoms with E-state index in [-0.39, 0.29) is 5.88 Å². The monoisotopic (exact) mass is 454 g/mol. The third kappa shape index (κ3) is 5.10. The molecule has 0 aliphatic carbocycles. The number of rotatable bonds is 8. The molecule has 8 heteroatoms. The number of nitrogens with two attached hydrogens (primary N) is 1. The number of anilines is 1. The first-order valence-corrected chi connectivity index (χ1v) is 10.9. The second kappa shape index (κ2) is 10.4. The van der Waals surface area contributed by atoms with Crippen LogP contribution in [0.2, 0.25) is 0 Å². The zero-order chi connectivity index (χ0) is 23.9. The van der Waals surface area contributed by atoms with E-state index in [1.807, 2.05) is 53.3 Å². The van der Waals surface area contributed by atoms with Crippen LogP contribution in [0.5, 0.6) is 5.75 Å². The maximum atomic E-state index is 9.10. The van der Waals surface area contributed by atoms with Crippen molar-refractivity contribution in [3.63, 3.8) is 0 Å². The van der Waals surface area contributed by atoms with E-state index >= 15 is 0 Å². The highest BCUT2D eigenvalue weighted by Crippen LogP contribution is 2.28. The smallest absolute Gasteiger partial charge is 0.216 e. The van der Waals surface area contributed by atoms with Crippen LogP contribution in [0.25, 0.3) is 11.8 Å². The number of aliphatic imine (C=N–C) groups is 1. The molecule has 3 aromatic rings. The van der Waals surface area contributed by atoms with Crippen LogP contribution < -0.4 is 15.8 Å². The van der Waals surface area contributed by atoms with Gasteiger partial charge in [-0.05, 0) is 48.7 Å². The van der Waals surface area contributed by atoms with Gasteiger partial charge in [0.25, 0.3) is 0 Å². The summed E-state index contributed by atoms with van der Waals surface area (Å²) in [5.74, 6) is 0.896. The third-order valence-electron chi connectivity index (χ3n) is 5.38. The Balaban J connectivity index is 1.71. The van der Waals surface area contributed by atoms with Crippen LogP contribution in [-0.2, 0) is 11.2 Å². The standard InChI is InChI=1S/C26H26N6O2/c1-29-17-23(19-11-9-18(16-27)10-12-19)25(28)34-26(30-20-6-5-8-22(14-20)33-2)24-15-21-7-3-4-13-32(21)31-24/h4-6,8-15,17,26,30H,3,7,28H2,1-2H3. The van der Waals surface area contributed by atoms with E-state index in [1.54, 1.807) is 32.5 Å². The van der Waals surface area contributed by atoms with Crippen LogP contribution >= 0.6 is 0 Å². The number of methoxy groups -OCH3 is 1. The van der Waals surface area contributed by atoms with Crippen molar-refractivity contribution in [1.29, 1.82) is 5.26 Å². The summed E-state index contributed by atoms with van der Waals surface area (Å²) in [7, 11) is 3.29. The lowest BCUT2D eigenvalue weighted by molar-refractivity contribution is 0.136. The van der Waals surface area contributed by atoms with E-state index in [1.165, 1.54) is 0 Å². The van der Waals surface area contributed by atoms with Gasteiger partial charge in [0.1, 0.15) is 11.4 Å². The Hall–Kier alpha value is -4.51. The lowest BCUT2D eigenvalue weighted by Crippen LogP contribution is -2.19. The molecule has 4 rings (SSSR count). The lowest BCUT2D eigenvalue weighted by Gasteiger charge is -2.21. The molecule has 2 heterocycles. The molecule has 1 atom stereocenters. The predicted molar refractivity (Wildman–Crippen MR) is 133 cm³/mol. The molecule has 0 radical (unpaired) electrons. The number of aromatic nitrogens is 2. The highest BCUT2D eigenvalue weighted by molar-refractivity contribution is 6.10.